The first-order chi connectivity index (χ1) is 11.3. The second kappa shape index (κ2) is 7.07. The maximum absolute atomic E-state index is 12.2. The van der Waals surface area contributed by atoms with Crippen molar-refractivity contribution < 1.29 is 14.3 Å². The Kier molecular flexibility index (Phi) is 4.69. The zero-order valence-corrected chi connectivity index (χ0v) is 13.0. The summed E-state index contributed by atoms with van der Waals surface area (Å²) in [4.78, 5) is 12.2. The number of methoxy groups -OCH3 is 1. The minimum atomic E-state index is -0.323. The van der Waals surface area contributed by atoms with Crippen LogP contribution in [0.2, 0.25) is 0 Å². The average molecular weight is 306 g/mol. The number of hydrogen-bond donors (Lipinski definition) is 0. The van der Waals surface area contributed by atoms with Crippen LogP contribution in [-0.2, 0) is 22.7 Å². The second-order valence-electron chi connectivity index (χ2n) is 5.35. The highest BCUT2D eigenvalue weighted by Crippen LogP contribution is 2.19. The van der Waals surface area contributed by atoms with E-state index in [4.69, 9.17) is 9.47 Å². The highest BCUT2D eigenvalue weighted by molar-refractivity contribution is 5.90. The molecule has 0 aliphatic heterocycles. The molecule has 0 bridgehead atoms. The molecule has 0 heterocycles. The van der Waals surface area contributed by atoms with Crippen molar-refractivity contribution in [2.24, 2.45) is 0 Å². The van der Waals surface area contributed by atoms with Gasteiger partial charge in [0.15, 0.2) is 0 Å². The lowest BCUT2D eigenvalue weighted by Crippen LogP contribution is -2.06. The molecule has 3 aromatic carbocycles. The first-order valence-corrected chi connectivity index (χ1v) is 7.49. The number of benzene rings is 3. The quantitative estimate of drug-likeness (QED) is 0.658. The standard InChI is InChI=1S/C20H18O3/c1-22-13-15-6-4-9-17(12-15)20(21)23-14-18-10-5-8-16-7-2-3-11-19(16)18/h2-12H,13-14H2,1H3. The van der Waals surface area contributed by atoms with Crippen molar-refractivity contribution >= 4 is 16.7 Å². The summed E-state index contributed by atoms with van der Waals surface area (Å²) in [5, 5.41) is 2.25. The highest BCUT2D eigenvalue weighted by Gasteiger charge is 2.09. The van der Waals surface area contributed by atoms with E-state index in [1.165, 1.54) is 0 Å². The lowest BCUT2D eigenvalue weighted by atomic mass is 10.1. The van der Waals surface area contributed by atoms with Crippen molar-refractivity contribution in [1.29, 1.82) is 0 Å². The summed E-state index contributed by atoms with van der Waals surface area (Å²) >= 11 is 0. The third-order valence-corrected chi connectivity index (χ3v) is 3.71. The van der Waals surface area contributed by atoms with Gasteiger partial charge in [-0.1, -0.05) is 54.6 Å². The van der Waals surface area contributed by atoms with Crippen molar-refractivity contribution in [3.8, 4) is 0 Å². The van der Waals surface area contributed by atoms with E-state index in [1.807, 2.05) is 42.5 Å². The van der Waals surface area contributed by atoms with Crippen LogP contribution in [0.4, 0.5) is 0 Å². The van der Waals surface area contributed by atoms with Crippen LogP contribution < -0.4 is 0 Å². The van der Waals surface area contributed by atoms with E-state index in [-0.39, 0.29) is 12.6 Å². The Bertz CT molecular complexity index is 818. The van der Waals surface area contributed by atoms with Gasteiger partial charge in [-0.2, -0.15) is 0 Å². The van der Waals surface area contributed by atoms with E-state index in [0.29, 0.717) is 12.2 Å². The lowest BCUT2D eigenvalue weighted by Gasteiger charge is -2.09. The summed E-state index contributed by atoms with van der Waals surface area (Å²) in [7, 11) is 1.63. The Hall–Kier alpha value is -2.65. The smallest absolute Gasteiger partial charge is 0.338 e. The molecular weight excluding hydrogens is 288 g/mol. The Morgan fingerprint density at radius 2 is 1.70 bits per heavy atom. The topological polar surface area (TPSA) is 35.5 Å². The van der Waals surface area contributed by atoms with Gasteiger partial charge in [-0.3, -0.25) is 0 Å². The molecule has 0 spiro atoms. The molecule has 3 nitrogen and oxygen atoms in total. The number of fused-ring (bicyclic) bond motifs is 1. The van der Waals surface area contributed by atoms with Gasteiger partial charge in [0.25, 0.3) is 0 Å². The Morgan fingerprint density at radius 3 is 2.57 bits per heavy atom. The maximum atomic E-state index is 12.2. The van der Waals surface area contributed by atoms with E-state index < -0.39 is 0 Å². The molecular formula is C20H18O3. The molecule has 0 saturated heterocycles. The molecule has 0 aliphatic carbocycles. The Labute approximate surface area is 135 Å². The fourth-order valence-corrected chi connectivity index (χ4v) is 2.60. The summed E-state index contributed by atoms with van der Waals surface area (Å²) in [5.41, 5.74) is 2.50. The van der Waals surface area contributed by atoms with Gasteiger partial charge < -0.3 is 9.47 Å². The zero-order valence-electron chi connectivity index (χ0n) is 13.0. The highest BCUT2D eigenvalue weighted by atomic mass is 16.5. The number of carbonyl (C=O) groups excluding carboxylic acids is 1. The van der Waals surface area contributed by atoms with E-state index in [9.17, 15) is 4.79 Å². The third-order valence-electron chi connectivity index (χ3n) is 3.71. The summed E-state index contributed by atoms with van der Waals surface area (Å²) in [6.45, 7) is 0.735. The summed E-state index contributed by atoms with van der Waals surface area (Å²) in [6.07, 6.45) is 0. The number of esters is 1. The average Bonchev–Trinajstić information content (AvgIpc) is 2.60. The van der Waals surface area contributed by atoms with Crippen LogP contribution in [0, 0.1) is 0 Å². The molecule has 0 aromatic heterocycles. The SMILES string of the molecule is COCc1cccc(C(=O)OCc2cccc3ccccc23)c1. The molecule has 23 heavy (non-hydrogen) atoms. The minimum Gasteiger partial charge on any atom is -0.457 e. The van der Waals surface area contributed by atoms with Crippen molar-refractivity contribution in [1.82, 2.24) is 0 Å². The monoisotopic (exact) mass is 306 g/mol. The van der Waals surface area contributed by atoms with Crippen LogP contribution in [0.5, 0.6) is 0 Å². The van der Waals surface area contributed by atoms with Gasteiger partial charge in [0.2, 0.25) is 0 Å². The Morgan fingerprint density at radius 1 is 0.913 bits per heavy atom. The fraction of sp³-hybridized carbons (Fsp3) is 0.150. The van der Waals surface area contributed by atoms with Crippen LogP contribution in [0.1, 0.15) is 21.5 Å². The van der Waals surface area contributed by atoms with Gasteiger partial charge >= 0.3 is 5.97 Å². The van der Waals surface area contributed by atoms with E-state index >= 15 is 0 Å². The minimum absolute atomic E-state index is 0.259. The van der Waals surface area contributed by atoms with Crippen molar-refractivity contribution in [3.05, 3.63) is 83.4 Å². The molecule has 0 atom stereocenters. The molecule has 0 fully saturated rings. The normalized spacial score (nSPS) is 10.7. The fourth-order valence-electron chi connectivity index (χ4n) is 2.60. The second-order valence-corrected chi connectivity index (χ2v) is 5.35. The van der Waals surface area contributed by atoms with Gasteiger partial charge in [0.05, 0.1) is 12.2 Å². The van der Waals surface area contributed by atoms with Crippen LogP contribution in [0.15, 0.2) is 66.7 Å². The molecule has 0 saturated carbocycles. The van der Waals surface area contributed by atoms with Gasteiger partial charge in [-0.25, -0.2) is 4.79 Å². The molecule has 3 heteroatoms. The molecule has 0 unspecified atom stereocenters. The van der Waals surface area contributed by atoms with Gasteiger partial charge in [0.1, 0.15) is 6.61 Å². The maximum Gasteiger partial charge on any atom is 0.338 e. The molecule has 3 aromatic rings. The number of carbonyl (C=O) groups is 1. The van der Waals surface area contributed by atoms with Gasteiger partial charge in [0, 0.05) is 7.11 Å². The first kappa shape index (κ1) is 15.3. The zero-order chi connectivity index (χ0) is 16.1. The molecule has 0 N–H and O–H groups in total. The van der Waals surface area contributed by atoms with Crippen LogP contribution in [0.3, 0.4) is 0 Å². The largest absolute Gasteiger partial charge is 0.457 e. The Balaban J connectivity index is 1.74. The molecule has 0 aliphatic rings. The number of hydrogen-bond acceptors (Lipinski definition) is 3. The van der Waals surface area contributed by atoms with Crippen LogP contribution in [-0.4, -0.2) is 13.1 Å². The summed E-state index contributed by atoms with van der Waals surface area (Å²) in [5.74, 6) is -0.323. The molecule has 116 valence electrons. The molecule has 0 amide bonds. The number of rotatable bonds is 5. The van der Waals surface area contributed by atoms with Crippen molar-refractivity contribution in [3.63, 3.8) is 0 Å². The predicted octanol–water partition coefficient (Wildman–Crippen LogP) is 4.34. The van der Waals surface area contributed by atoms with Crippen molar-refractivity contribution in [2.45, 2.75) is 13.2 Å². The van der Waals surface area contributed by atoms with Gasteiger partial charge in [-0.15, -0.1) is 0 Å². The van der Waals surface area contributed by atoms with Crippen LogP contribution >= 0.6 is 0 Å². The van der Waals surface area contributed by atoms with E-state index in [2.05, 4.69) is 12.1 Å². The first-order valence-electron chi connectivity index (χ1n) is 7.49. The third kappa shape index (κ3) is 3.58. The summed E-state index contributed by atoms with van der Waals surface area (Å²) in [6, 6.07) is 21.4. The molecule has 3 rings (SSSR count). The van der Waals surface area contributed by atoms with E-state index in [1.54, 1.807) is 19.2 Å². The van der Waals surface area contributed by atoms with Crippen molar-refractivity contribution in [2.75, 3.05) is 7.11 Å². The van der Waals surface area contributed by atoms with Gasteiger partial charge in [-0.05, 0) is 34.0 Å². The lowest BCUT2D eigenvalue weighted by molar-refractivity contribution is 0.0474. The van der Waals surface area contributed by atoms with Crippen LogP contribution in [0.25, 0.3) is 10.8 Å². The predicted molar refractivity (Wildman–Crippen MR) is 90.2 cm³/mol. The summed E-state index contributed by atoms with van der Waals surface area (Å²) < 4.78 is 10.6. The van der Waals surface area contributed by atoms with E-state index in [0.717, 1.165) is 21.9 Å². The number of ether oxygens (including phenoxy) is 2. The molecule has 0 radical (unpaired) electrons.